The normalized spacial score (nSPS) is 16.6. The van der Waals surface area contributed by atoms with Crippen LogP contribution in [0.2, 0.25) is 0 Å². The summed E-state index contributed by atoms with van der Waals surface area (Å²) in [5.41, 5.74) is 0.688. The molecule has 0 aromatic heterocycles. The number of rotatable bonds is 8. The second-order valence-electron chi connectivity index (χ2n) is 6.11. The van der Waals surface area contributed by atoms with Crippen LogP contribution in [0.3, 0.4) is 0 Å². The molecule has 0 bridgehead atoms. The van der Waals surface area contributed by atoms with Crippen molar-refractivity contribution in [3.05, 3.63) is 42.2 Å². The quantitative estimate of drug-likeness (QED) is 0.386. The molecule has 0 amide bonds. The molecule has 1 saturated heterocycles. The van der Waals surface area contributed by atoms with Gasteiger partial charge in [-0.25, -0.2) is 4.39 Å². The van der Waals surface area contributed by atoms with E-state index in [2.05, 4.69) is 21.5 Å². The van der Waals surface area contributed by atoms with E-state index in [-0.39, 0.29) is 18.4 Å². The van der Waals surface area contributed by atoms with Gasteiger partial charge in [0.25, 0.3) is 0 Å². The average Bonchev–Trinajstić information content (AvgIpc) is 2.57. The van der Waals surface area contributed by atoms with Gasteiger partial charge in [-0.3, -0.25) is 4.90 Å². The molecular formula is C18H25ClF4N2O. The Labute approximate surface area is 157 Å². The van der Waals surface area contributed by atoms with E-state index in [0.717, 1.165) is 57.9 Å². The first-order chi connectivity index (χ1) is 11.9. The predicted octanol–water partition coefficient (Wildman–Crippen LogP) is 4.84. The summed E-state index contributed by atoms with van der Waals surface area (Å²) in [6.45, 7) is 7.05. The van der Waals surface area contributed by atoms with Crippen molar-refractivity contribution in [2.75, 3.05) is 26.2 Å². The molecule has 2 rings (SSSR count). The number of unbranched alkanes of at least 4 members (excludes halogenated alkanes) is 2. The molecule has 1 atom stereocenters. The van der Waals surface area contributed by atoms with E-state index in [1.54, 1.807) is 0 Å². The Kier molecular flexibility index (Phi) is 9.39. The maximum atomic E-state index is 14.1. The minimum Gasteiger partial charge on any atom is -0.403 e. The van der Waals surface area contributed by atoms with Gasteiger partial charge in [-0.15, -0.1) is 32.2 Å². The number of benzene rings is 1. The molecule has 1 aromatic carbocycles. The number of nitrogens with one attached hydrogen (secondary N) is 1. The SMILES string of the molecule is C=CCCCC[C@@H](c1ccc(OC(F)(F)F)c(F)c1)N1CCNCC1.Cl. The Morgan fingerprint density at radius 3 is 2.50 bits per heavy atom. The van der Waals surface area contributed by atoms with Crippen molar-refractivity contribution in [2.45, 2.75) is 38.1 Å². The van der Waals surface area contributed by atoms with E-state index in [1.165, 1.54) is 12.1 Å². The number of ether oxygens (including phenoxy) is 1. The zero-order valence-electron chi connectivity index (χ0n) is 14.5. The Morgan fingerprint density at radius 2 is 1.92 bits per heavy atom. The molecule has 0 radical (unpaired) electrons. The first-order valence-electron chi connectivity index (χ1n) is 8.51. The van der Waals surface area contributed by atoms with Gasteiger partial charge in [-0.05, 0) is 37.0 Å². The monoisotopic (exact) mass is 396 g/mol. The summed E-state index contributed by atoms with van der Waals surface area (Å²) in [4.78, 5) is 2.25. The highest BCUT2D eigenvalue weighted by atomic mass is 35.5. The second kappa shape index (κ2) is 10.7. The molecular weight excluding hydrogens is 372 g/mol. The number of alkyl halides is 3. The fourth-order valence-corrected chi connectivity index (χ4v) is 3.11. The summed E-state index contributed by atoms with van der Waals surface area (Å²) >= 11 is 0. The second-order valence-corrected chi connectivity index (χ2v) is 6.11. The van der Waals surface area contributed by atoms with Gasteiger partial charge in [0.2, 0.25) is 0 Å². The van der Waals surface area contributed by atoms with Crippen LogP contribution in [0.5, 0.6) is 5.75 Å². The molecule has 0 aliphatic carbocycles. The number of allylic oxidation sites excluding steroid dienone is 1. The Balaban J connectivity index is 0.00000338. The van der Waals surface area contributed by atoms with Crippen LogP contribution in [0, 0.1) is 5.82 Å². The summed E-state index contributed by atoms with van der Waals surface area (Å²) < 4.78 is 54.7. The van der Waals surface area contributed by atoms with Crippen LogP contribution in [0.15, 0.2) is 30.9 Å². The van der Waals surface area contributed by atoms with Crippen LogP contribution in [-0.2, 0) is 0 Å². The van der Waals surface area contributed by atoms with Gasteiger partial charge in [0.15, 0.2) is 11.6 Å². The lowest BCUT2D eigenvalue weighted by molar-refractivity contribution is -0.275. The van der Waals surface area contributed by atoms with Crippen LogP contribution >= 0.6 is 12.4 Å². The van der Waals surface area contributed by atoms with E-state index >= 15 is 0 Å². The largest absolute Gasteiger partial charge is 0.573 e. The van der Waals surface area contributed by atoms with Crippen LogP contribution in [-0.4, -0.2) is 37.4 Å². The number of nitrogens with zero attached hydrogens (tertiary/aromatic N) is 1. The third-order valence-electron chi connectivity index (χ3n) is 4.29. The zero-order chi connectivity index (χ0) is 18.3. The number of halogens is 5. The molecule has 1 aliphatic heterocycles. The third-order valence-corrected chi connectivity index (χ3v) is 4.29. The first kappa shape index (κ1) is 22.7. The predicted molar refractivity (Wildman–Crippen MR) is 96.2 cm³/mol. The smallest absolute Gasteiger partial charge is 0.403 e. The highest BCUT2D eigenvalue weighted by Crippen LogP contribution is 2.32. The molecule has 1 N–H and O–H groups in total. The molecule has 0 spiro atoms. The van der Waals surface area contributed by atoms with Gasteiger partial charge in [0, 0.05) is 32.2 Å². The van der Waals surface area contributed by atoms with E-state index in [9.17, 15) is 17.6 Å². The molecule has 1 heterocycles. The summed E-state index contributed by atoms with van der Waals surface area (Å²) in [6, 6.07) is 3.75. The summed E-state index contributed by atoms with van der Waals surface area (Å²) in [6.07, 6.45) is 0.647. The Bertz CT molecular complexity index is 563. The van der Waals surface area contributed by atoms with Crippen molar-refractivity contribution in [1.82, 2.24) is 10.2 Å². The van der Waals surface area contributed by atoms with Crippen LogP contribution in [0.25, 0.3) is 0 Å². The molecule has 3 nitrogen and oxygen atoms in total. The molecule has 0 saturated carbocycles. The van der Waals surface area contributed by atoms with Crippen molar-refractivity contribution in [3.8, 4) is 5.75 Å². The number of hydrogen-bond donors (Lipinski definition) is 1. The van der Waals surface area contributed by atoms with Crippen LogP contribution in [0.4, 0.5) is 17.6 Å². The topological polar surface area (TPSA) is 24.5 Å². The standard InChI is InChI=1S/C18H24F4N2O.ClH/c1-2-3-4-5-6-16(24-11-9-23-10-12-24)14-7-8-17(15(19)13-14)25-18(20,21)22;/h2,7-8,13,16,23H,1,3-6,9-12H2;1H/t16-;/m0./s1. The lowest BCUT2D eigenvalue weighted by atomic mass is 9.97. The Morgan fingerprint density at radius 1 is 1.23 bits per heavy atom. The summed E-state index contributed by atoms with van der Waals surface area (Å²) in [7, 11) is 0. The zero-order valence-corrected chi connectivity index (χ0v) is 15.3. The van der Waals surface area contributed by atoms with Gasteiger partial charge in [-0.2, -0.15) is 0 Å². The summed E-state index contributed by atoms with van der Waals surface area (Å²) in [5.74, 6) is -1.77. The van der Waals surface area contributed by atoms with Crippen molar-refractivity contribution >= 4 is 12.4 Å². The van der Waals surface area contributed by atoms with Gasteiger partial charge in [0.1, 0.15) is 0 Å². The number of hydrogen-bond acceptors (Lipinski definition) is 3. The van der Waals surface area contributed by atoms with Gasteiger partial charge >= 0.3 is 6.36 Å². The molecule has 1 aliphatic rings. The van der Waals surface area contributed by atoms with E-state index in [1.807, 2.05) is 6.08 Å². The minimum absolute atomic E-state index is 0. The van der Waals surface area contributed by atoms with Crippen molar-refractivity contribution in [3.63, 3.8) is 0 Å². The molecule has 148 valence electrons. The van der Waals surface area contributed by atoms with Gasteiger partial charge in [0.05, 0.1) is 0 Å². The highest BCUT2D eigenvalue weighted by Gasteiger charge is 2.32. The first-order valence-corrected chi connectivity index (χ1v) is 8.51. The Hall–Kier alpha value is -1.31. The van der Waals surface area contributed by atoms with Crippen molar-refractivity contribution < 1.29 is 22.3 Å². The van der Waals surface area contributed by atoms with Crippen molar-refractivity contribution in [2.24, 2.45) is 0 Å². The fraction of sp³-hybridized carbons (Fsp3) is 0.556. The van der Waals surface area contributed by atoms with E-state index < -0.39 is 17.9 Å². The maximum Gasteiger partial charge on any atom is 0.573 e. The van der Waals surface area contributed by atoms with Crippen LogP contribution < -0.4 is 10.1 Å². The molecule has 26 heavy (non-hydrogen) atoms. The van der Waals surface area contributed by atoms with Crippen molar-refractivity contribution in [1.29, 1.82) is 0 Å². The third kappa shape index (κ3) is 7.13. The van der Waals surface area contributed by atoms with Gasteiger partial charge < -0.3 is 10.1 Å². The molecule has 1 aromatic rings. The molecule has 1 fully saturated rings. The molecule has 0 unspecified atom stereocenters. The van der Waals surface area contributed by atoms with Crippen LogP contribution in [0.1, 0.15) is 37.3 Å². The fourth-order valence-electron chi connectivity index (χ4n) is 3.11. The van der Waals surface area contributed by atoms with Gasteiger partial charge in [-0.1, -0.05) is 18.6 Å². The number of piperazine rings is 1. The average molecular weight is 397 g/mol. The maximum absolute atomic E-state index is 14.1. The summed E-state index contributed by atoms with van der Waals surface area (Å²) in [5, 5.41) is 3.27. The lowest BCUT2D eigenvalue weighted by Gasteiger charge is -2.35. The minimum atomic E-state index is -4.90. The van der Waals surface area contributed by atoms with E-state index in [0.29, 0.717) is 5.56 Å². The highest BCUT2D eigenvalue weighted by molar-refractivity contribution is 5.85. The lowest BCUT2D eigenvalue weighted by Crippen LogP contribution is -2.45. The van der Waals surface area contributed by atoms with E-state index in [4.69, 9.17) is 0 Å². The molecule has 8 heteroatoms.